The normalized spacial score (nSPS) is 26.5. The number of sulfonamides is 1. The monoisotopic (exact) mass is 250 g/mol. The van der Waals surface area contributed by atoms with E-state index in [9.17, 15) is 8.42 Å². The van der Waals surface area contributed by atoms with E-state index < -0.39 is 15.6 Å². The van der Waals surface area contributed by atoms with Gasteiger partial charge in [0, 0.05) is 25.2 Å². The molecule has 1 aliphatic carbocycles. The van der Waals surface area contributed by atoms with Gasteiger partial charge in [-0.05, 0) is 26.7 Å². The van der Waals surface area contributed by atoms with Gasteiger partial charge in [-0.25, -0.2) is 13.1 Å². The highest BCUT2D eigenvalue weighted by molar-refractivity contribution is 7.88. The Bertz CT molecular complexity index is 321. The number of nitrogens with one attached hydrogen (secondary N) is 2. The maximum Gasteiger partial charge on any atom is 0.209 e. The van der Waals surface area contributed by atoms with Crippen molar-refractivity contribution in [2.45, 2.75) is 44.4 Å². The van der Waals surface area contributed by atoms with Crippen LogP contribution >= 0.6 is 0 Å². The Morgan fingerprint density at radius 2 is 1.94 bits per heavy atom. The van der Waals surface area contributed by atoms with Crippen LogP contribution in [0.4, 0.5) is 0 Å². The van der Waals surface area contributed by atoms with Gasteiger partial charge < -0.3 is 10.1 Å². The number of ether oxygens (including phenoxy) is 1. The Balaban J connectivity index is 2.27. The van der Waals surface area contributed by atoms with Crippen molar-refractivity contribution in [2.75, 3.05) is 19.9 Å². The zero-order valence-corrected chi connectivity index (χ0v) is 11.2. The maximum absolute atomic E-state index is 11.1. The van der Waals surface area contributed by atoms with Crippen molar-refractivity contribution in [3.63, 3.8) is 0 Å². The lowest BCUT2D eigenvalue weighted by Crippen LogP contribution is -2.55. The second kappa shape index (κ2) is 5.00. The number of hydrogen-bond acceptors (Lipinski definition) is 4. The molecular formula is C10H22N2O3S. The molecule has 0 aromatic carbocycles. The summed E-state index contributed by atoms with van der Waals surface area (Å²) < 4.78 is 30.0. The quantitative estimate of drug-likeness (QED) is 0.700. The molecule has 0 spiro atoms. The Hall–Kier alpha value is -0.170. The van der Waals surface area contributed by atoms with Crippen molar-refractivity contribution in [3.05, 3.63) is 0 Å². The average molecular weight is 250 g/mol. The van der Waals surface area contributed by atoms with E-state index in [-0.39, 0.29) is 0 Å². The number of rotatable bonds is 6. The summed E-state index contributed by atoms with van der Waals surface area (Å²) in [6, 6.07) is 0.450. The molecule has 2 N–H and O–H groups in total. The van der Waals surface area contributed by atoms with Crippen LogP contribution in [0.1, 0.15) is 26.7 Å². The molecule has 1 fully saturated rings. The highest BCUT2D eigenvalue weighted by Gasteiger charge is 2.30. The van der Waals surface area contributed by atoms with Crippen LogP contribution in [0.2, 0.25) is 0 Å². The molecule has 0 radical (unpaired) electrons. The summed E-state index contributed by atoms with van der Waals surface area (Å²) in [5.74, 6) is 0. The van der Waals surface area contributed by atoms with Crippen LogP contribution < -0.4 is 10.0 Å². The Morgan fingerprint density at radius 1 is 1.38 bits per heavy atom. The van der Waals surface area contributed by atoms with Gasteiger partial charge in [-0.15, -0.1) is 0 Å². The first-order valence-corrected chi connectivity index (χ1v) is 7.36. The van der Waals surface area contributed by atoms with Gasteiger partial charge in [0.2, 0.25) is 10.0 Å². The third-order valence-electron chi connectivity index (χ3n) is 2.72. The molecule has 1 saturated carbocycles. The van der Waals surface area contributed by atoms with Crippen LogP contribution in [0.3, 0.4) is 0 Å². The molecule has 0 amide bonds. The van der Waals surface area contributed by atoms with E-state index in [4.69, 9.17) is 4.74 Å². The number of hydrogen-bond donors (Lipinski definition) is 2. The van der Waals surface area contributed by atoms with Crippen LogP contribution in [-0.2, 0) is 14.8 Å². The molecule has 0 aromatic rings. The summed E-state index contributed by atoms with van der Waals surface area (Å²) >= 11 is 0. The molecule has 6 heteroatoms. The lowest BCUT2D eigenvalue weighted by atomic mass is 9.88. The first-order chi connectivity index (χ1) is 7.22. The van der Waals surface area contributed by atoms with Gasteiger partial charge in [0.15, 0.2) is 0 Å². The van der Waals surface area contributed by atoms with Crippen LogP contribution in [0.5, 0.6) is 0 Å². The first-order valence-electron chi connectivity index (χ1n) is 5.47. The van der Waals surface area contributed by atoms with E-state index in [1.807, 2.05) is 13.8 Å². The van der Waals surface area contributed by atoms with Crippen molar-refractivity contribution in [1.29, 1.82) is 0 Å². The molecular weight excluding hydrogens is 228 g/mol. The molecule has 1 aliphatic rings. The van der Waals surface area contributed by atoms with Gasteiger partial charge in [-0.3, -0.25) is 0 Å². The van der Waals surface area contributed by atoms with E-state index in [1.54, 1.807) is 7.11 Å². The Morgan fingerprint density at radius 3 is 2.38 bits per heavy atom. The van der Waals surface area contributed by atoms with E-state index in [2.05, 4.69) is 10.0 Å². The van der Waals surface area contributed by atoms with Crippen molar-refractivity contribution < 1.29 is 13.2 Å². The standard InChI is InChI=1S/C10H22N2O3S/c1-10(2,12-16(4,13)14)7-11-8-5-9(6-8)15-3/h8-9,11-12H,5-7H2,1-4H3. The van der Waals surface area contributed by atoms with Crippen LogP contribution in [0, 0.1) is 0 Å². The molecule has 5 nitrogen and oxygen atoms in total. The van der Waals surface area contributed by atoms with Crippen molar-refractivity contribution >= 4 is 10.0 Å². The van der Waals surface area contributed by atoms with Gasteiger partial charge in [-0.1, -0.05) is 0 Å². The second-order valence-electron chi connectivity index (χ2n) is 5.17. The molecule has 1 rings (SSSR count). The molecule has 16 heavy (non-hydrogen) atoms. The molecule has 0 bridgehead atoms. The predicted octanol–water partition coefficient (Wildman–Crippen LogP) is 0.0812. The molecule has 0 unspecified atom stereocenters. The van der Waals surface area contributed by atoms with Crippen molar-refractivity contribution in [1.82, 2.24) is 10.0 Å². The zero-order chi connectivity index (χ0) is 12.4. The zero-order valence-electron chi connectivity index (χ0n) is 10.4. The fourth-order valence-electron chi connectivity index (χ4n) is 1.86. The van der Waals surface area contributed by atoms with E-state index in [1.165, 1.54) is 6.26 Å². The first kappa shape index (κ1) is 13.9. The highest BCUT2D eigenvalue weighted by atomic mass is 32.2. The lowest BCUT2D eigenvalue weighted by molar-refractivity contribution is 0.0162. The van der Waals surface area contributed by atoms with Gasteiger partial charge >= 0.3 is 0 Å². The van der Waals surface area contributed by atoms with E-state index in [0.717, 1.165) is 12.8 Å². The van der Waals surface area contributed by atoms with E-state index >= 15 is 0 Å². The second-order valence-corrected chi connectivity index (χ2v) is 6.91. The Labute approximate surface area is 98.0 Å². The van der Waals surface area contributed by atoms with Gasteiger partial charge in [0.25, 0.3) is 0 Å². The topological polar surface area (TPSA) is 67.4 Å². The summed E-state index contributed by atoms with van der Waals surface area (Å²) in [5, 5.41) is 3.34. The minimum atomic E-state index is -3.15. The number of methoxy groups -OCH3 is 1. The molecule has 0 aliphatic heterocycles. The molecule has 0 heterocycles. The molecule has 96 valence electrons. The summed E-state index contributed by atoms with van der Waals surface area (Å²) in [6.07, 6.45) is 3.55. The maximum atomic E-state index is 11.1. The Kier molecular flexibility index (Phi) is 4.34. The van der Waals surface area contributed by atoms with Crippen molar-refractivity contribution in [2.24, 2.45) is 0 Å². The van der Waals surface area contributed by atoms with Crippen LogP contribution in [0.25, 0.3) is 0 Å². The third-order valence-corrected chi connectivity index (χ3v) is 3.65. The van der Waals surface area contributed by atoms with E-state index in [0.29, 0.717) is 18.7 Å². The van der Waals surface area contributed by atoms with Crippen LogP contribution in [0.15, 0.2) is 0 Å². The third kappa shape index (κ3) is 4.78. The highest BCUT2D eigenvalue weighted by Crippen LogP contribution is 2.22. The predicted molar refractivity (Wildman–Crippen MR) is 63.9 cm³/mol. The minimum absolute atomic E-state index is 0.364. The minimum Gasteiger partial charge on any atom is -0.381 e. The van der Waals surface area contributed by atoms with Gasteiger partial charge in [0.1, 0.15) is 0 Å². The average Bonchev–Trinajstić information content (AvgIpc) is 1.96. The molecule has 0 atom stereocenters. The van der Waals surface area contributed by atoms with Crippen LogP contribution in [-0.4, -0.2) is 46.0 Å². The summed E-state index contributed by atoms with van der Waals surface area (Å²) in [6.45, 7) is 4.36. The van der Waals surface area contributed by atoms with Gasteiger partial charge in [0.05, 0.1) is 12.4 Å². The fourth-order valence-corrected chi connectivity index (χ4v) is 2.94. The summed E-state index contributed by atoms with van der Waals surface area (Å²) in [4.78, 5) is 0. The smallest absolute Gasteiger partial charge is 0.209 e. The lowest BCUT2D eigenvalue weighted by Gasteiger charge is -2.37. The summed E-state index contributed by atoms with van der Waals surface area (Å²) in [5.41, 5.74) is -0.453. The molecule has 0 aromatic heterocycles. The van der Waals surface area contributed by atoms with Crippen molar-refractivity contribution in [3.8, 4) is 0 Å². The van der Waals surface area contributed by atoms with Gasteiger partial charge in [-0.2, -0.15) is 0 Å². The fraction of sp³-hybridized carbons (Fsp3) is 1.00. The molecule has 0 saturated heterocycles. The largest absolute Gasteiger partial charge is 0.381 e. The SMILES string of the molecule is COC1CC(NCC(C)(C)NS(C)(=O)=O)C1. The summed E-state index contributed by atoms with van der Waals surface area (Å²) in [7, 11) is -1.43.